The fourth-order valence-corrected chi connectivity index (χ4v) is 6.83. The van der Waals surface area contributed by atoms with Crippen molar-refractivity contribution in [3.63, 3.8) is 0 Å². The van der Waals surface area contributed by atoms with Crippen LogP contribution in [0.4, 0.5) is 20.8 Å². The number of aromatic nitrogens is 3. The molecule has 2 saturated heterocycles. The van der Waals surface area contributed by atoms with Gasteiger partial charge in [-0.3, -0.25) is 4.90 Å². The molecule has 216 valence electrons. The number of halogens is 1. The first-order valence-corrected chi connectivity index (χ1v) is 14.2. The molecule has 0 radical (unpaired) electrons. The van der Waals surface area contributed by atoms with E-state index in [1.807, 2.05) is 53.4 Å². The molecule has 6 rings (SSSR count). The molecule has 3 aromatic heterocycles. The Morgan fingerprint density at radius 3 is 2.59 bits per heavy atom. The Labute approximate surface area is 239 Å². The number of ether oxygens (including phenoxy) is 2. The van der Waals surface area contributed by atoms with Gasteiger partial charge in [0.05, 0.1) is 23.5 Å². The molecule has 3 aliphatic rings. The van der Waals surface area contributed by atoms with Gasteiger partial charge in [-0.1, -0.05) is 12.7 Å². The number of nitrogens with zero attached hydrogens (tertiary/aromatic N) is 5. The number of carbonyl (C=O) groups excluding carboxylic acids is 1. The fourth-order valence-electron chi connectivity index (χ4n) is 6.83. The highest BCUT2D eigenvalue weighted by molar-refractivity contribution is 6.02. The van der Waals surface area contributed by atoms with Crippen LogP contribution < -0.4 is 15.4 Å². The summed E-state index contributed by atoms with van der Waals surface area (Å²) < 4.78 is 29.1. The van der Waals surface area contributed by atoms with Gasteiger partial charge in [-0.15, -0.1) is 0 Å². The topological polar surface area (TPSA) is 107 Å². The van der Waals surface area contributed by atoms with Crippen molar-refractivity contribution < 1.29 is 18.7 Å². The maximum absolute atomic E-state index is 16.7. The Morgan fingerprint density at radius 1 is 1.17 bits per heavy atom. The van der Waals surface area contributed by atoms with Crippen molar-refractivity contribution in [1.82, 2.24) is 19.9 Å². The second-order valence-electron chi connectivity index (χ2n) is 12.4. The average Bonchev–Trinajstić information content (AvgIpc) is 3.13. The molecule has 2 bridgehead atoms. The summed E-state index contributed by atoms with van der Waals surface area (Å²) in [5.74, 6) is 0.751. The number of amides is 1. The normalized spacial score (nSPS) is 23.2. The highest BCUT2D eigenvalue weighted by Gasteiger charge is 2.53. The molecule has 0 saturated carbocycles. The Hall–Kier alpha value is -3.95. The highest BCUT2D eigenvalue weighted by atomic mass is 19.1. The number of hydrogen-bond acceptors (Lipinski definition) is 8. The summed E-state index contributed by atoms with van der Waals surface area (Å²) in [6.45, 7) is 17.6. The van der Waals surface area contributed by atoms with E-state index in [9.17, 15) is 4.79 Å². The molecule has 6 heterocycles. The lowest BCUT2D eigenvalue weighted by molar-refractivity contribution is 0.000959. The number of hydrogen-bond donors (Lipinski definition) is 1. The molecule has 0 unspecified atom stereocenters. The summed E-state index contributed by atoms with van der Waals surface area (Å²) in [5.41, 5.74) is 8.85. The van der Waals surface area contributed by atoms with E-state index in [1.165, 1.54) is 0 Å². The summed E-state index contributed by atoms with van der Waals surface area (Å²) >= 11 is 0. The lowest BCUT2D eigenvalue weighted by Crippen LogP contribution is -2.65. The van der Waals surface area contributed by atoms with Crippen LogP contribution in [0, 0.1) is 26.6 Å². The molecule has 0 spiro atoms. The molecular weight excluding hydrogens is 523 g/mol. The number of nitrogen functional groups attached to an aromatic ring is 1. The molecular formula is C31H37FN6O3. The van der Waals surface area contributed by atoms with Gasteiger partial charge in [0.25, 0.3) is 0 Å². The molecule has 0 aromatic carbocycles. The minimum atomic E-state index is -0.603. The summed E-state index contributed by atoms with van der Waals surface area (Å²) in [6, 6.07) is 1.21. The van der Waals surface area contributed by atoms with Crippen LogP contribution in [0.25, 0.3) is 28.1 Å². The first-order chi connectivity index (χ1) is 19.3. The third-order valence-corrected chi connectivity index (χ3v) is 8.61. The van der Waals surface area contributed by atoms with Crippen LogP contribution in [0.2, 0.25) is 0 Å². The number of fused-ring (bicyclic) bond motifs is 5. The Bertz CT molecular complexity index is 1620. The van der Waals surface area contributed by atoms with Crippen molar-refractivity contribution in [2.75, 3.05) is 17.2 Å². The van der Waals surface area contributed by atoms with E-state index in [0.717, 1.165) is 24.1 Å². The zero-order valence-corrected chi connectivity index (χ0v) is 24.7. The molecule has 3 aliphatic heterocycles. The third-order valence-electron chi connectivity index (χ3n) is 8.61. The lowest BCUT2D eigenvalue weighted by Gasteiger charge is -2.48. The van der Waals surface area contributed by atoms with Crippen LogP contribution in [0.3, 0.4) is 0 Å². The van der Waals surface area contributed by atoms with Gasteiger partial charge in [0, 0.05) is 34.4 Å². The van der Waals surface area contributed by atoms with Gasteiger partial charge >= 0.3 is 6.09 Å². The van der Waals surface area contributed by atoms with Crippen LogP contribution in [-0.4, -0.2) is 62.3 Å². The van der Waals surface area contributed by atoms with Gasteiger partial charge in [-0.25, -0.2) is 24.1 Å². The summed E-state index contributed by atoms with van der Waals surface area (Å²) in [7, 11) is 0. The van der Waals surface area contributed by atoms with Crippen molar-refractivity contribution in [3.05, 3.63) is 41.0 Å². The van der Waals surface area contributed by atoms with Crippen molar-refractivity contribution in [1.29, 1.82) is 0 Å². The molecule has 3 aromatic rings. The monoisotopic (exact) mass is 560 g/mol. The van der Waals surface area contributed by atoms with E-state index >= 15 is 4.39 Å². The maximum Gasteiger partial charge on any atom is 0.410 e. The van der Waals surface area contributed by atoms with Crippen LogP contribution in [-0.2, 0) is 4.74 Å². The van der Waals surface area contributed by atoms with E-state index in [-0.39, 0.29) is 41.8 Å². The van der Waals surface area contributed by atoms with Crippen LogP contribution in [0.5, 0.6) is 5.88 Å². The van der Waals surface area contributed by atoms with Crippen molar-refractivity contribution in [2.45, 2.75) is 91.1 Å². The third kappa shape index (κ3) is 4.18. The number of anilines is 2. The van der Waals surface area contributed by atoms with Gasteiger partial charge in [0.15, 0.2) is 5.82 Å². The highest BCUT2D eigenvalue weighted by Crippen LogP contribution is 2.47. The maximum atomic E-state index is 16.7. The van der Waals surface area contributed by atoms with Gasteiger partial charge in [0.1, 0.15) is 29.0 Å². The van der Waals surface area contributed by atoms with E-state index in [0.29, 0.717) is 45.8 Å². The average molecular weight is 561 g/mol. The predicted octanol–water partition coefficient (Wildman–Crippen LogP) is 5.72. The molecule has 2 fully saturated rings. The lowest BCUT2D eigenvalue weighted by atomic mass is 9.96. The minimum Gasteiger partial charge on any atom is -0.472 e. The van der Waals surface area contributed by atoms with E-state index in [2.05, 4.69) is 16.5 Å². The number of piperazine rings is 1. The summed E-state index contributed by atoms with van der Waals surface area (Å²) in [6.07, 6.45) is 2.61. The first-order valence-electron chi connectivity index (χ1n) is 14.2. The van der Waals surface area contributed by atoms with Gasteiger partial charge in [-0.2, -0.15) is 0 Å². The predicted molar refractivity (Wildman–Crippen MR) is 158 cm³/mol. The van der Waals surface area contributed by atoms with E-state index < -0.39 is 11.4 Å². The molecule has 4 atom stereocenters. The molecule has 0 aliphatic carbocycles. The van der Waals surface area contributed by atoms with Crippen LogP contribution in [0.15, 0.2) is 12.6 Å². The Balaban J connectivity index is 1.55. The van der Waals surface area contributed by atoms with E-state index in [4.69, 9.17) is 25.2 Å². The zero-order chi connectivity index (χ0) is 29.5. The van der Waals surface area contributed by atoms with Gasteiger partial charge in [-0.05, 0) is 72.9 Å². The van der Waals surface area contributed by atoms with Crippen LogP contribution >= 0.6 is 0 Å². The van der Waals surface area contributed by atoms with E-state index in [1.54, 1.807) is 12.1 Å². The van der Waals surface area contributed by atoms with Crippen molar-refractivity contribution in [3.8, 4) is 17.1 Å². The first kappa shape index (κ1) is 27.2. The Kier molecular flexibility index (Phi) is 6.17. The molecule has 2 N–H and O–H groups in total. The zero-order valence-electron chi connectivity index (χ0n) is 24.7. The van der Waals surface area contributed by atoms with Crippen molar-refractivity contribution in [2.24, 2.45) is 0 Å². The number of aryl methyl sites for hydroxylation is 3. The summed E-state index contributed by atoms with van der Waals surface area (Å²) in [5, 5.41) is 0.970. The second-order valence-corrected chi connectivity index (χ2v) is 12.4. The minimum absolute atomic E-state index is 0.0479. The number of pyridine rings is 3. The van der Waals surface area contributed by atoms with Gasteiger partial charge in [0.2, 0.25) is 5.88 Å². The Morgan fingerprint density at radius 2 is 1.90 bits per heavy atom. The summed E-state index contributed by atoms with van der Waals surface area (Å²) in [4.78, 5) is 31.6. The molecule has 9 nitrogen and oxygen atoms in total. The fraction of sp³-hybridized carbons (Fsp3) is 0.484. The SMILES string of the molecule is C=Cc1c(-c2nc3c4c(nc(C)c(C)c4c2F)N2C[C@H]4CC[C@@H]([C@H]2[C@H](C)O3)N4C(=O)OC(C)(C)C)cc(N)nc1C. The molecule has 41 heavy (non-hydrogen) atoms. The number of rotatable bonds is 2. The second kappa shape index (κ2) is 9.29. The van der Waals surface area contributed by atoms with Crippen molar-refractivity contribution >= 4 is 34.6 Å². The van der Waals surface area contributed by atoms with Gasteiger partial charge < -0.3 is 20.1 Å². The van der Waals surface area contributed by atoms with Crippen LogP contribution in [0.1, 0.15) is 63.1 Å². The number of nitrogens with two attached hydrogens (primary N) is 1. The number of carbonyl (C=O) groups is 1. The standard InChI is InChI=1S/C31H37FN6O3/c1-9-19-16(4)34-22(33)12-20(19)26-25(32)23-14(2)15(3)35-28-24(23)29(36-26)40-17(5)27-21-11-10-18(13-37(27)28)38(21)30(39)41-31(6,7)8/h9,12,17-18,21,27H,1,10-11,13H2,2-8H3,(H2,33,34)/t17-,18+,21-,27+/m0/s1. The smallest absolute Gasteiger partial charge is 0.410 e. The molecule has 1 amide bonds. The largest absolute Gasteiger partial charge is 0.472 e. The molecule has 10 heteroatoms. The quantitative estimate of drug-likeness (QED) is 0.424.